The summed E-state index contributed by atoms with van der Waals surface area (Å²) in [6, 6.07) is 0. The van der Waals surface area contributed by atoms with Gasteiger partial charge < -0.3 is 4.52 Å². The van der Waals surface area contributed by atoms with Crippen molar-refractivity contribution >= 4 is 29.3 Å². The fourth-order valence-corrected chi connectivity index (χ4v) is 3.59. The highest BCUT2D eigenvalue weighted by Gasteiger charge is 2.39. The van der Waals surface area contributed by atoms with E-state index in [0.717, 1.165) is 0 Å². The molecule has 0 rings (SSSR count). The van der Waals surface area contributed by atoms with Crippen LogP contribution in [0.5, 0.6) is 0 Å². The minimum atomic E-state index is -2.92. The Morgan fingerprint density at radius 2 is 1.47 bits per heavy atom. The largest absolute Gasteiger partial charge is 0.410 e. The molecule has 5 heteroatoms. The van der Waals surface area contributed by atoms with Gasteiger partial charge in [-0.1, -0.05) is 64.4 Å². The third-order valence-electron chi connectivity index (χ3n) is 2.64. The van der Waals surface area contributed by atoms with E-state index in [1.165, 1.54) is 0 Å². The van der Waals surface area contributed by atoms with Crippen LogP contribution in [0.15, 0.2) is 0 Å². The average Bonchev–Trinajstić information content (AvgIpc) is 2.14. The number of carbonyl (C=O) groups is 1. The maximum atomic E-state index is 12.6. The van der Waals surface area contributed by atoms with Crippen molar-refractivity contribution in [3.05, 3.63) is 0 Å². The van der Waals surface area contributed by atoms with Crippen molar-refractivity contribution < 1.29 is 13.9 Å². The van der Waals surface area contributed by atoms with Gasteiger partial charge in [0.15, 0.2) is 0 Å². The molecule has 0 aromatic heterocycles. The summed E-state index contributed by atoms with van der Waals surface area (Å²) < 4.78 is 17.9. The molecule has 0 aromatic rings. The molecular formula is C12H24BrO3P. The fraction of sp³-hybridized carbons (Fsp3) is 0.917. The molecule has 1 unspecified atom stereocenters. The molecule has 0 saturated carbocycles. The van der Waals surface area contributed by atoms with Gasteiger partial charge in [0, 0.05) is 11.3 Å². The second-order valence-corrected chi connectivity index (χ2v) is 10.4. The SMILES string of the molecule is CC(C)P(=O)(OC(=O)C(Br)C(C)(C)C)C(C)C. The molecule has 0 N–H and O–H groups in total. The van der Waals surface area contributed by atoms with E-state index in [2.05, 4.69) is 15.9 Å². The quantitative estimate of drug-likeness (QED) is 0.566. The molecule has 0 radical (unpaired) electrons. The monoisotopic (exact) mass is 326 g/mol. The van der Waals surface area contributed by atoms with Gasteiger partial charge in [-0.15, -0.1) is 0 Å². The summed E-state index contributed by atoms with van der Waals surface area (Å²) >= 11 is 3.32. The Balaban J connectivity index is 4.95. The third-order valence-corrected chi connectivity index (χ3v) is 7.73. The molecule has 1 atom stereocenters. The Morgan fingerprint density at radius 3 is 1.71 bits per heavy atom. The maximum absolute atomic E-state index is 12.6. The smallest absolute Gasteiger partial charge is 0.325 e. The van der Waals surface area contributed by atoms with Gasteiger partial charge in [-0.25, -0.2) is 0 Å². The highest BCUT2D eigenvalue weighted by atomic mass is 79.9. The van der Waals surface area contributed by atoms with Gasteiger partial charge in [0.1, 0.15) is 4.83 Å². The highest BCUT2D eigenvalue weighted by molar-refractivity contribution is 9.10. The van der Waals surface area contributed by atoms with Crippen LogP contribution in [0, 0.1) is 5.41 Å². The Morgan fingerprint density at radius 1 is 1.12 bits per heavy atom. The van der Waals surface area contributed by atoms with Gasteiger partial charge in [0.25, 0.3) is 7.37 Å². The predicted octanol–water partition coefficient (Wildman–Crippen LogP) is 4.43. The van der Waals surface area contributed by atoms with Crippen LogP contribution in [0.4, 0.5) is 0 Å². The van der Waals surface area contributed by atoms with Crippen molar-refractivity contribution in [1.29, 1.82) is 0 Å². The van der Waals surface area contributed by atoms with E-state index in [1.807, 2.05) is 48.5 Å². The summed E-state index contributed by atoms with van der Waals surface area (Å²) in [5, 5.41) is 0. The zero-order valence-corrected chi connectivity index (χ0v) is 14.3. The van der Waals surface area contributed by atoms with E-state index in [-0.39, 0.29) is 16.7 Å². The van der Waals surface area contributed by atoms with E-state index in [1.54, 1.807) is 0 Å². The van der Waals surface area contributed by atoms with Gasteiger partial charge in [-0.2, -0.15) is 0 Å². The van der Waals surface area contributed by atoms with Crippen LogP contribution in [0.3, 0.4) is 0 Å². The number of carbonyl (C=O) groups excluding carboxylic acids is 1. The Hall–Kier alpha value is 0.180. The maximum Gasteiger partial charge on any atom is 0.325 e. The summed E-state index contributed by atoms with van der Waals surface area (Å²) in [4.78, 5) is 11.5. The van der Waals surface area contributed by atoms with E-state index in [9.17, 15) is 9.36 Å². The van der Waals surface area contributed by atoms with Gasteiger partial charge in [-0.3, -0.25) is 9.36 Å². The topological polar surface area (TPSA) is 43.4 Å². The lowest BCUT2D eigenvalue weighted by atomic mass is 9.92. The van der Waals surface area contributed by atoms with E-state index >= 15 is 0 Å². The summed E-state index contributed by atoms with van der Waals surface area (Å²) in [7, 11) is -2.92. The molecule has 0 saturated heterocycles. The van der Waals surface area contributed by atoms with Gasteiger partial charge in [-0.05, 0) is 5.41 Å². The molecule has 0 spiro atoms. The predicted molar refractivity (Wildman–Crippen MR) is 76.1 cm³/mol. The molecule has 0 aliphatic rings. The van der Waals surface area contributed by atoms with Gasteiger partial charge >= 0.3 is 5.97 Å². The minimum Gasteiger partial charge on any atom is -0.410 e. The summed E-state index contributed by atoms with van der Waals surface area (Å²) in [6.45, 7) is 13.1. The normalized spacial score (nSPS) is 15.2. The van der Waals surface area contributed by atoms with E-state index < -0.39 is 18.2 Å². The van der Waals surface area contributed by atoms with Crippen molar-refractivity contribution in [3.8, 4) is 0 Å². The Labute approximate surface area is 113 Å². The van der Waals surface area contributed by atoms with Crippen molar-refractivity contribution in [2.75, 3.05) is 0 Å². The summed E-state index contributed by atoms with van der Waals surface area (Å²) in [5.41, 5.74) is -0.548. The number of hydrogen-bond acceptors (Lipinski definition) is 3. The lowest BCUT2D eigenvalue weighted by Crippen LogP contribution is -2.31. The first kappa shape index (κ1) is 17.2. The molecule has 17 heavy (non-hydrogen) atoms. The third kappa shape index (κ3) is 4.40. The highest BCUT2D eigenvalue weighted by Crippen LogP contribution is 2.56. The standard InChI is InChI=1S/C12H24BrO3P/c1-8(2)17(15,9(3)4)16-11(14)10(13)12(5,6)7/h8-10H,1-7H3. The molecule has 0 aliphatic heterocycles. The summed E-state index contributed by atoms with van der Waals surface area (Å²) in [5.74, 6) is -0.428. The number of rotatable bonds is 4. The van der Waals surface area contributed by atoms with Crippen molar-refractivity contribution in [2.24, 2.45) is 5.41 Å². The first-order chi connectivity index (χ1) is 7.43. The van der Waals surface area contributed by atoms with Crippen molar-refractivity contribution in [1.82, 2.24) is 0 Å². The average molecular weight is 327 g/mol. The fourth-order valence-electron chi connectivity index (χ4n) is 1.35. The zero-order chi connectivity index (χ0) is 14.0. The van der Waals surface area contributed by atoms with Crippen LogP contribution in [-0.2, 0) is 13.9 Å². The van der Waals surface area contributed by atoms with Crippen LogP contribution in [0.2, 0.25) is 0 Å². The molecule has 0 heterocycles. The van der Waals surface area contributed by atoms with Crippen molar-refractivity contribution in [2.45, 2.75) is 64.6 Å². The first-order valence-corrected chi connectivity index (χ1v) is 8.57. The second kappa shape index (κ2) is 5.88. The zero-order valence-electron chi connectivity index (χ0n) is 11.8. The number of alkyl halides is 1. The van der Waals surface area contributed by atoms with Gasteiger partial charge in [0.05, 0.1) is 0 Å². The molecule has 0 fully saturated rings. The van der Waals surface area contributed by atoms with Crippen LogP contribution in [0.25, 0.3) is 0 Å². The molecular weight excluding hydrogens is 303 g/mol. The lowest BCUT2D eigenvalue weighted by Gasteiger charge is -2.29. The van der Waals surface area contributed by atoms with Crippen LogP contribution in [0.1, 0.15) is 48.5 Å². The molecule has 3 nitrogen and oxygen atoms in total. The number of halogens is 1. The minimum absolute atomic E-state index is 0.147. The van der Waals surface area contributed by atoms with Crippen LogP contribution in [-0.4, -0.2) is 22.1 Å². The molecule has 0 aromatic carbocycles. The Kier molecular flexibility index (Phi) is 5.94. The molecule has 0 aliphatic carbocycles. The van der Waals surface area contributed by atoms with Crippen LogP contribution >= 0.6 is 23.3 Å². The lowest BCUT2D eigenvalue weighted by molar-refractivity contribution is -0.135. The molecule has 0 amide bonds. The molecule has 0 bridgehead atoms. The first-order valence-electron chi connectivity index (χ1n) is 5.89. The van der Waals surface area contributed by atoms with Gasteiger partial charge in [0.2, 0.25) is 0 Å². The Bertz CT molecular complexity index is 306. The molecule has 102 valence electrons. The number of hydrogen-bond donors (Lipinski definition) is 0. The van der Waals surface area contributed by atoms with E-state index in [4.69, 9.17) is 4.52 Å². The van der Waals surface area contributed by atoms with Crippen molar-refractivity contribution in [3.63, 3.8) is 0 Å². The van der Waals surface area contributed by atoms with E-state index in [0.29, 0.717) is 0 Å². The second-order valence-electron chi connectivity index (χ2n) is 5.97. The summed E-state index contributed by atoms with van der Waals surface area (Å²) in [6.07, 6.45) is 0. The van der Waals surface area contributed by atoms with Crippen LogP contribution < -0.4 is 0 Å².